The Balaban J connectivity index is 1.41. The first kappa shape index (κ1) is 21.9. The Labute approximate surface area is 203 Å². The number of hydrogen-bond acceptors (Lipinski definition) is 3. The van der Waals surface area contributed by atoms with Gasteiger partial charge in [-0.05, 0) is 35.9 Å². The van der Waals surface area contributed by atoms with Crippen LogP contribution in [-0.2, 0) is 6.54 Å². The Kier molecular flexibility index (Phi) is 6.32. The summed E-state index contributed by atoms with van der Waals surface area (Å²) in [6.07, 6.45) is 0. The number of fused-ring (bicyclic) bond motifs is 1. The highest BCUT2D eigenvalue weighted by molar-refractivity contribution is 6.36. The van der Waals surface area contributed by atoms with Crippen LogP contribution in [0.2, 0.25) is 10.0 Å². The second-order valence-corrected chi connectivity index (χ2v) is 9.09. The fourth-order valence-electron chi connectivity index (χ4n) is 4.31. The number of halogens is 2. The van der Waals surface area contributed by atoms with E-state index < -0.39 is 0 Å². The van der Waals surface area contributed by atoms with E-state index in [1.54, 1.807) is 12.1 Å². The minimum atomic E-state index is 0.0271. The Morgan fingerprint density at radius 1 is 0.848 bits per heavy atom. The van der Waals surface area contributed by atoms with Crippen molar-refractivity contribution in [1.29, 1.82) is 0 Å². The van der Waals surface area contributed by atoms with Gasteiger partial charge in [-0.2, -0.15) is 0 Å². The molecule has 2 heterocycles. The first-order chi connectivity index (χ1) is 16.1. The van der Waals surface area contributed by atoms with Crippen molar-refractivity contribution in [2.24, 2.45) is 0 Å². The van der Waals surface area contributed by atoms with Crippen LogP contribution in [-0.4, -0.2) is 46.9 Å². The highest BCUT2D eigenvalue weighted by Gasteiger charge is 2.24. The molecule has 4 aromatic rings. The number of pyridine rings is 1. The summed E-state index contributed by atoms with van der Waals surface area (Å²) in [5.41, 5.74) is 4.14. The van der Waals surface area contributed by atoms with Crippen molar-refractivity contribution in [3.63, 3.8) is 0 Å². The maximum atomic E-state index is 13.6. The van der Waals surface area contributed by atoms with Gasteiger partial charge in [0.05, 0.1) is 21.8 Å². The van der Waals surface area contributed by atoms with Crippen LogP contribution < -0.4 is 0 Å². The molecule has 0 aliphatic carbocycles. The van der Waals surface area contributed by atoms with E-state index in [9.17, 15) is 4.79 Å². The normalized spacial score (nSPS) is 14.5. The minimum Gasteiger partial charge on any atom is -0.336 e. The zero-order chi connectivity index (χ0) is 22.8. The van der Waals surface area contributed by atoms with Crippen molar-refractivity contribution in [2.75, 3.05) is 26.2 Å². The molecule has 1 fully saturated rings. The zero-order valence-electron chi connectivity index (χ0n) is 18.0. The van der Waals surface area contributed by atoms with Crippen LogP contribution in [0.5, 0.6) is 0 Å². The lowest BCUT2D eigenvalue weighted by Crippen LogP contribution is -2.48. The van der Waals surface area contributed by atoms with Gasteiger partial charge in [0.2, 0.25) is 0 Å². The number of carbonyl (C=O) groups is 1. The molecule has 166 valence electrons. The monoisotopic (exact) mass is 475 g/mol. The molecule has 33 heavy (non-hydrogen) atoms. The highest BCUT2D eigenvalue weighted by atomic mass is 35.5. The summed E-state index contributed by atoms with van der Waals surface area (Å²) in [4.78, 5) is 22.7. The number of hydrogen-bond donors (Lipinski definition) is 0. The molecule has 1 aliphatic rings. The average Bonchev–Trinajstić information content (AvgIpc) is 2.84. The summed E-state index contributed by atoms with van der Waals surface area (Å²) in [7, 11) is 0. The number of carbonyl (C=O) groups excluding carboxylic acids is 1. The molecule has 1 saturated heterocycles. The van der Waals surface area contributed by atoms with Crippen LogP contribution in [0.15, 0.2) is 78.9 Å². The molecule has 1 amide bonds. The molecule has 5 rings (SSSR count). The summed E-state index contributed by atoms with van der Waals surface area (Å²) in [5.74, 6) is 0.0271. The lowest BCUT2D eigenvalue weighted by Gasteiger charge is -2.35. The van der Waals surface area contributed by atoms with Crippen molar-refractivity contribution in [3.05, 3.63) is 100 Å². The van der Waals surface area contributed by atoms with Gasteiger partial charge in [0, 0.05) is 48.7 Å². The fraction of sp³-hybridized carbons (Fsp3) is 0.185. The van der Waals surface area contributed by atoms with Gasteiger partial charge in [-0.25, -0.2) is 4.98 Å². The summed E-state index contributed by atoms with van der Waals surface area (Å²) in [5, 5.41) is 1.93. The Morgan fingerprint density at radius 2 is 1.58 bits per heavy atom. The standard InChI is InChI=1S/C27H23Cl2N3O/c28-20-10-11-22(24(29)16-20)26-17-23(21-8-4-5-9-25(21)30-26)27(33)32-14-12-31(13-15-32)18-19-6-2-1-3-7-19/h1-11,16-17H,12-15,18H2. The van der Waals surface area contributed by atoms with Gasteiger partial charge in [-0.15, -0.1) is 0 Å². The molecular formula is C27H23Cl2N3O. The summed E-state index contributed by atoms with van der Waals surface area (Å²) >= 11 is 12.5. The molecule has 0 bridgehead atoms. The smallest absolute Gasteiger partial charge is 0.254 e. The second kappa shape index (κ2) is 9.52. The molecule has 1 aliphatic heterocycles. The van der Waals surface area contributed by atoms with E-state index in [4.69, 9.17) is 28.2 Å². The lowest BCUT2D eigenvalue weighted by molar-refractivity contribution is 0.0630. The molecule has 4 nitrogen and oxygen atoms in total. The van der Waals surface area contributed by atoms with Crippen LogP contribution in [0.4, 0.5) is 0 Å². The fourth-order valence-corrected chi connectivity index (χ4v) is 4.81. The second-order valence-electron chi connectivity index (χ2n) is 8.25. The predicted molar refractivity (Wildman–Crippen MR) is 135 cm³/mol. The Morgan fingerprint density at radius 3 is 2.33 bits per heavy atom. The molecule has 0 spiro atoms. The summed E-state index contributed by atoms with van der Waals surface area (Å²) in [6, 6.07) is 25.4. The van der Waals surface area contributed by atoms with Gasteiger partial charge >= 0.3 is 0 Å². The largest absolute Gasteiger partial charge is 0.336 e. The summed E-state index contributed by atoms with van der Waals surface area (Å²) < 4.78 is 0. The van der Waals surface area contributed by atoms with Gasteiger partial charge in [0.25, 0.3) is 5.91 Å². The average molecular weight is 476 g/mol. The molecule has 0 radical (unpaired) electrons. The maximum absolute atomic E-state index is 13.6. The minimum absolute atomic E-state index is 0.0271. The number of aromatic nitrogens is 1. The molecule has 1 aromatic heterocycles. The third-order valence-corrected chi connectivity index (χ3v) is 6.61. The quantitative estimate of drug-likeness (QED) is 0.354. The Hall–Kier alpha value is -2.92. The van der Waals surface area contributed by atoms with Crippen LogP contribution in [0.3, 0.4) is 0 Å². The van der Waals surface area contributed by atoms with Crippen molar-refractivity contribution in [2.45, 2.75) is 6.54 Å². The van der Waals surface area contributed by atoms with E-state index in [2.05, 4.69) is 29.2 Å². The lowest BCUT2D eigenvalue weighted by atomic mass is 10.0. The van der Waals surface area contributed by atoms with E-state index in [0.29, 0.717) is 34.4 Å². The van der Waals surface area contributed by atoms with E-state index in [0.717, 1.165) is 36.1 Å². The molecule has 0 saturated carbocycles. The van der Waals surface area contributed by atoms with Gasteiger partial charge in [0.15, 0.2) is 0 Å². The predicted octanol–water partition coefficient (Wildman–Crippen LogP) is 6.17. The Bertz CT molecular complexity index is 1300. The molecule has 3 aromatic carbocycles. The molecule has 6 heteroatoms. The van der Waals surface area contributed by atoms with Crippen LogP contribution in [0, 0.1) is 0 Å². The van der Waals surface area contributed by atoms with Gasteiger partial charge in [0.1, 0.15) is 0 Å². The first-order valence-electron chi connectivity index (χ1n) is 11.0. The van der Waals surface area contributed by atoms with Crippen LogP contribution >= 0.6 is 23.2 Å². The van der Waals surface area contributed by atoms with Crippen molar-refractivity contribution >= 4 is 40.0 Å². The highest BCUT2D eigenvalue weighted by Crippen LogP contribution is 2.32. The molecule has 0 N–H and O–H groups in total. The SMILES string of the molecule is O=C(c1cc(-c2ccc(Cl)cc2Cl)nc2ccccc12)N1CCN(Cc2ccccc2)CC1. The van der Waals surface area contributed by atoms with Crippen molar-refractivity contribution in [1.82, 2.24) is 14.8 Å². The number of rotatable bonds is 4. The van der Waals surface area contributed by atoms with E-state index in [-0.39, 0.29) is 5.91 Å². The molecule has 0 atom stereocenters. The van der Waals surface area contributed by atoms with E-state index in [1.807, 2.05) is 47.4 Å². The third kappa shape index (κ3) is 4.74. The van der Waals surface area contributed by atoms with Crippen LogP contribution in [0.25, 0.3) is 22.2 Å². The first-order valence-corrected chi connectivity index (χ1v) is 11.7. The molecule has 0 unspecified atom stereocenters. The van der Waals surface area contributed by atoms with Crippen LogP contribution in [0.1, 0.15) is 15.9 Å². The number of amides is 1. The number of piperazine rings is 1. The molecular weight excluding hydrogens is 453 g/mol. The zero-order valence-corrected chi connectivity index (χ0v) is 19.6. The van der Waals surface area contributed by atoms with Gasteiger partial charge in [-0.1, -0.05) is 71.7 Å². The van der Waals surface area contributed by atoms with Gasteiger partial charge in [-0.3, -0.25) is 9.69 Å². The van der Waals surface area contributed by atoms with Crippen molar-refractivity contribution in [3.8, 4) is 11.3 Å². The van der Waals surface area contributed by atoms with Crippen molar-refractivity contribution < 1.29 is 4.79 Å². The van der Waals surface area contributed by atoms with Gasteiger partial charge < -0.3 is 4.90 Å². The van der Waals surface area contributed by atoms with E-state index >= 15 is 0 Å². The number of para-hydroxylation sites is 1. The maximum Gasteiger partial charge on any atom is 0.254 e. The van der Waals surface area contributed by atoms with E-state index in [1.165, 1.54) is 5.56 Å². The topological polar surface area (TPSA) is 36.4 Å². The number of nitrogens with zero attached hydrogens (tertiary/aromatic N) is 3. The number of benzene rings is 3. The third-order valence-electron chi connectivity index (χ3n) is 6.06. The summed E-state index contributed by atoms with van der Waals surface area (Å²) in [6.45, 7) is 3.98.